The summed E-state index contributed by atoms with van der Waals surface area (Å²) in [6.45, 7) is 1.62. The van der Waals surface area contributed by atoms with Crippen LogP contribution in [-0.4, -0.2) is 12.2 Å². The van der Waals surface area contributed by atoms with Crippen molar-refractivity contribution in [1.82, 2.24) is 0 Å². The largest absolute Gasteiger partial charge is 0.494 e. The summed E-state index contributed by atoms with van der Waals surface area (Å²) in [6.07, 6.45) is -0.784. The summed E-state index contributed by atoms with van der Waals surface area (Å²) in [6, 6.07) is 8.35. The van der Waals surface area contributed by atoms with Gasteiger partial charge in [0.1, 0.15) is 18.2 Å². The summed E-state index contributed by atoms with van der Waals surface area (Å²) in [5.41, 5.74) is 1.06. The second-order valence-electron chi connectivity index (χ2n) is 4.62. The Labute approximate surface area is 121 Å². The second kappa shape index (κ2) is 6.54. The van der Waals surface area contributed by atoms with Gasteiger partial charge in [-0.15, -0.1) is 0 Å². The molecule has 112 valence electrons. The van der Waals surface area contributed by atoms with Crippen molar-refractivity contribution in [1.29, 1.82) is 0 Å². The fraction of sp³-hybridized carbons (Fsp3) is 0.250. The number of ether oxygens (including phenoxy) is 2. The third-order valence-electron chi connectivity index (χ3n) is 3.04. The molecule has 0 saturated heterocycles. The van der Waals surface area contributed by atoms with Crippen LogP contribution in [-0.2, 0) is 6.61 Å². The van der Waals surface area contributed by atoms with E-state index >= 15 is 0 Å². The van der Waals surface area contributed by atoms with E-state index < -0.39 is 17.7 Å². The van der Waals surface area contributed by atoms with Crippen LogP contribution in [0.2, 0.25) is 0 Å². The Hall–Kier alpha value is -2.14. The molecule has 21 heavy (non-hydrogen) atoms. The summed E-state index contributed by atoms with van der Waals surface area (Å²) < 4.78 is 37.1. The molecule has 2 rings (SSSR count). The minimum atomic E-state index is -0.784. The number of hydrogen-bond acceptors (Lipinski definition) is 3. The first-order chi connectivity index (χ1) is 10.0. The summed E-state index contributed by atoms with van der Waals surface area (Å²) >= 11 is 0. The SMILES string of the molecule is COc1ccc(COc2cc(F)ccc2[C@@H](C)O)cc1F. The fourth-order valence-corrected chi connectivity index (χ4v) is 1.94. The van der Waals surface area contributed by atoms with Crippen molar-refractivity contribution in [3.63, 3.8) is 0 Å². The van der Waals surface area contributed by atoms with Crippen LogP contribution < -0.4 is 9.47 Å². The van der Waals surface area contributed by atoms with E-state index in [9.17, 15) is 13.9 Å². The van der Waals surface area contributed by atoms with Gasteiger partial charge in [-0.1, -0.05) is 6.07 Å². The standard InChI is InChI=1S/C16H16F2O3/c1-10(19)13-5-4-12(17)8-16(13)21-9-11-3-6-15(20-2)14(18)7-11/h3-8,10,19H,9H2,1-2H3/t10-/m1/s1. The van der Waals surface area contributed by atoms with E-state index in [2.05, 4.69) is 0 Å². The Morgan fingerprint density at radius 1 is 1.10 bits per heavy atom. The van der Waals surface area contributed by atoms with Crippen molar-refractivity contribution in [2.24, 2.45) is 0 Å². The van der Waals surface area contributed by atoms with E-state index in [1.54, 1.807) is 13.0 Å². The first kappa shape index (κ1) is 15.3. The van der Waals surface area contributed by atoms with Gasteiger partial charge in [0.15, 0.2) is 11.6 Å². The Kier molecular flexibility index (Phi) is 4.75. The van der Waals surface area contributed by atoms with Gasteiger partial charge < -0.3 is 14.6 Å². The molecular weight excluding hydrogens is 278 g/mol. The number of aliphatic hydroxyl groups is 1. The van der Waals surface area contributed by atoms with E-state index in [1.807, 2.05) is 0 Å². The molecule has 0 aliphatic heterocycles. The molecule has 0 bridgehead atoms. The lowest BCUT2D eigenvalue weighted by Gasteiger charge is -2.14. The second-order valence-corrected chi connectivity index (χ2v) is 4.62. The molecule has 0 aliphatic rings. The van der Waals surface area contributed by atoms with E-state index in [-0.39, 0.29) is 18.1 Å². The zero-order chi connectivity index (χ0) is 15.4. The molecule has 0 unspecified atom stereocenters. The highest BCUT2D eigenvalue weighted by molar-refractivity contribution is 5.36. The van der Waals surface area contributed by atoms with Gasteiger partial charge in [-0.2, -0.15) is 0 Å². The molecule has 0 aliphatic carbocycles. The van der Waals surface area contributed by atoms with Crippen LogP contribution in [0.1, 0.15) is 24.2 Å². The lowest BCUT2D eigenvalue weighted by molar-refractivity contribution is 0.189. The van der Waals surface area contributed by atoms with Crippen LogP contribution in [0.25, 0.3) is 0 Å². The summed E-state index contributed by atoms with van der Waals surface area (Å²) in [5.74, 6) is -0.570. The molecule has 1 N–H and O–H groups in total. The Balaban J connectivity index is 2.16. The quantitative estimate of drug-likeness (QED) is 0.915. The molecule has 0 saturated carbocycles. The molecule has 0 fully saturated rings. The van der Waals surface area contributed by atoms with E-state index in [4.69, 9.17) is 9.47 Å². The van der Waals surface area contributed by atoms with Crippen LogP contribution in [0.3, 0.4) is 0 Å². The third kappa shape index (κ3) is 3.70. The highest BCUT2D eigenvalue weighted by Gasteiger charge is 2.11. The van der Waals surface area contributed by atoms with Gasteiger partial charge in [-0.3, -0.25) is 0 Å². The molecule has 1 atom stereocenters. The van der Waals surface area contributed by atoms with Crippen LogP contribution in [0, 0.1) is 11.6 Å². The van der Waals surface area contributed by atoms with Crippen molar-refractivity contribution in [2.45, 2.75) is 19.6 Å². The lowest BCUT2D eigenvalue weighted by atomic mass is 10.1. The van der Waals surface area contributed by atoms with Crippen molar-refractivity contribution in [3.8, 4) is 11.5 Å². The molecule has 0 radical (unpaired) electrons. The van der Waals surface area contributed by atoms with Crippen LogP contribution in [0.4, 0.5) is 8.78 Å². The highest BCUT2D eigenvalue weighted by Crippen LogP contribution is 2.27. The van der Waals surface area contributed by atoms with Crippen LogP contribution in [0.15, 0.2) is 36.4 Å². The Morgan fingerprint density at radius 2 is 1.86 bits per heavy atom. The topological polar surface area (TPSA) is 38.7 Å². The molecule has 0 heterocycles. The maximum Gasteiger partial charge on any atom is 0.165 e. The van der Waals surface area contributed by atoms with Crippen molar-refractivity contribution >= 4 is 0 Å². The molecule has 0 spiro atoms. The minimum Gasteiger partial charge on any atom is -0.494 e. The first-order valence-electron chi connectivity index (χ1n) is 6.44. The van der Waals surface area contributed by atoms with Gasteiger partial charge in [0.05, 0.1) is 13.2 Å². The third-order valence-corrected chi connectivity index (χ3v) is 3.04. The number of hydrogen-bond donors (Lipinski definition) is 1. The Bertz CT molecular complexity index is 627. The predicted molar refractivity (Wildman–Crippen MR) is 74.3 cm³/mol. The smallest absolute Gasteiger partial charge is 0.165 e. The molecule has 2 aromatic carbocycles. The lowest BCUT2D eigenvalue weighted by Crippen LogP contribution is -2.02. The van der Waals surface area contributed by atoms with Crippen LogP contribution in [0.5, 0.6) is 11.5 Å². The van der Waals surface area contributed by atoms with Crippen molar-refractivity contribution in [3.05, 3.63) is 59.2 Å². The van der Waals surface area contributed by atoms with Gasteiger partial charge in [0.25, 0.3) is 0 Å². The average Bonchev–Trinajstić information content (AvgIpc) is 2.45. The van der Waals surface area contributed by atoms with Gasteiger partial charge >= 0.3 is 0 Å². The number of rotatable bonds is 5. The first-order valence-corrected chi connectivity index (χ1v) is 6.44. The molecule has 3 nitrogen and oxygen atoms in total. The molecule has 2 aromatic rings. The summed E-state index contributed by atoms with van der Waals surface area (Å²) in [5, 5.41) is 9.63. The zero-order valence-corrected chi connectivity index (χ0v) is 11.8. The number of aliphatic hydroxyl groups excluding tert-OH is 1. The average molecular weight is 294 g/mol. The highest BCUT2D eigenvalue weighted by atomic mass is 19.1. The zero-order valence-electron chi connectivity index (χ0n) is 11.8. The summed E-state index contributed by atoms with van der Waals surface area (Å²) in [7, 11) is 1.39. The van der Waals surface area contributed by atoms with Gasteiger partial charge in [0.2, 0.25) is 0 Å². The van der Waals surface area contributed by atoms with Gasteiger partial charge in [0, 0.05) is 11.6 Å². The minimum absolute atomic E-state index is 0.0596. The molecule has 0 amide bonds. The maximum atomic E-state index is 13.6. The van der Waals surface area contributed by atoms with E-state index in [0.29, 0.717) is 11.1 Å². The molecular formula is C16H16F2O3. The van der Waals surface area contributed by atoms with Gasteiger partial charge in [-0.25, -0.2) is 8.78 Å². The molecule has 0 aromatic heterocycles. The monoisotopic (exact) mass is 294 g/mol. The van der Waals surface area contributed by atoms with Gasteiger partial charge in [-0.05, 0) is 36.8 Å². The summed E-state index contributed by atoms with van der Waals surface area (Å²) in [4.78, 5) is 0. The van der Waals surface area contributed by atoms with Crippen LogP contribution >= 0.6 is 0 Å². The van der Waals surface area contributed by atoms with E-state index in [0.717, 1.165) is 0 Å². The normalized spacial score (nSPS) is 12.0. The number of halogens is 2. The fourth-order valence-electron chi connectivity index (χ4n) is 1.94. The number of benzene rings is 2. The molecule has 5 heteroatoms. The van der Waals surface area contributed by atoms with Crippen molar-refractivity contribution in [2.75, 3.05) is 7.11 Å². The predicted octanol–water partition coefficient (Wildman–Crippen LogP) is 3.61. The van der Waals surface area contributed by atoms with E-state index in [1.165, 1.54) is 37.4 Å². The van der Waals surface area contributed by atoms with Crippen molar-refractivity contribution < 1.29 is 23.4 Å². The number of methoxy groups -OCH3 is 1. The Morgan fingerprint density at radius 3 is 2.48 bits per heavy atom. The maximum absolute atomic E-state index is 13.6.